The van der Waals surface area contributed by atoms with E-state index in [2.05, 4.69) is 60.4 Å². The molecule has 80 valence electrons. The van der Waals surface area contributed by atoms with E-state index >= 15 is 0 Å². The fourth-order valence-electron chi connectivity index (χ4n) is 1.35. The number of rotatable bonds is 3. The van der Waals surface area contributed by atoms with Crippen molar-refractivity contribution < 1.29 is 0 Å². The van der Waals surface area contributed by atoms with Gasteiger partial charge in [-0.2, -0.15) is 0 Å². The lowest BCUT2D eigenvalue weighted by molar-refractivity contribution is 0.0147. The Bertz CT molecular complexity index is 153. The number of hydrogen-bond donors (Lipinski definition) is 0. The van der Waals surface area contributed by atoms with Gasteiger partial charge in [0.2, 0.25) is 0 Å². The van der Waals surface area contributed by atoms with Crippen molar-refractivity contribution in [1.29, 1.82) is 0 Å². The van der Waals surface area contributed by atoms with E-state index < -0.39 is 0 Å². The summed E-state index contributed by atoms with van der Waals surface area (Å²) >= 11 is 0. The van der Waals surface area contributed by atoms with Gasteiger partial charge in [-0.05, 0) is 39.7 Å². The van der Waals surface area contributed by atoms with Gasteiger partial charge in [-0.3, -0.25) is 4.90 Å². The molecular weight excluding hydrogens is 158 g/mol. The zero-order chi connectivity index (χ0) is 10.9. The second-order valence-electron chi connectivity index (χ2n) is 5.68. The van der Waals surface area contributed by atoms with E-state index in [1.165, 1.54) is 6.42 Å². The molecule has 0 aromatic rings. The molecule has 0 bridgehead atoms. The summed E-state index contributed by atoms with van der Waals surface area (Å²) in [5, 5.41) is 0. The molecule has 0 saturated carbocycles. The molecule has 0 aromatic carbocycles. The second-order valence-corrected chi connectivity index (χ2v) is 5.68. The van der Waals surface area contributed by atoms with E-state index in [0.717, 1.165) is 0 Å². The summed E-state index contributed by atoms with van der Waals surface area (Å²) in [6.07, 6.45) is 1.22. The van der Waals surface area contributed by atoms with Crippen LogP contribution in [0.25, 0.3) is 0 Å². The van der Waals surface area contributed by atoms with Crippen molar-refractivity contribution >= 4 is 0 Å². The van der Waals surface area contributed by atoms with Crippen LogP contribution in [-0.4, -0.2) is 23.5 Å². The van der Waals surface area contributed by atoms with Gasteiger partial charge >= 0.3 is 0 Å². The molecule has 0 radical (unpaired) electrons. The molecule has 0 aliphatic rings. The van der Waals surface area contributed by atoms with Crippen molar-refractivity contribution in [2.75, 3.05) is 7.05 Å². The maximum Gasteiger partial charge on any atom is 0.0201 e. The van der Waals surface area contributed by atoms with E-state index in [0.29, 0.717) is 11.5 Å². The highest BCUT2D eigenvalue weighted by Gasteiger charge is 2.37. The lowest BCUT2D eigenvalue weighted by Gasteiger charge is -2.48. The highest BCUT2D eigenvalue weighted by atomic mass is 15.2. The molecule has 0 rings (SSSR count). The monoisotopic (exact) mass is 185 g/mol. The molecule has 0 aliphatic heterocycles. The molecule has 1 nitrogen and oxygen atoms in total. The Morgan fingerprint density at radius 3 is 1.69 bits per heavy atom. The first kappa shape index (κ1) is 13.0. The first-order valence-electron chi connectivity index (χ1n) is 5.37. The Hall–Kier alpha value is -0.0400. The molecule has 1 atom stereocenters. The third-order valence-electron chi connectivity index (χ3n) is 3.97. The van der Waals surface area contributed by atoms with Gasteiger partial charge in [0.15, 0.2) is 0 Å². The average Bonchev–Trinajstić information content (AvgIpc) is 1.99. The summed E-state index contributed by atoms with van der Waals surface area (Å²) < 4.78 is 0. The summed E-state index contributed by atoms with van der Waals surface area (Å²) in [4.78, 5) is 2.49. The highest BCUT2D eigenvalue weighted by molar-refractivity contribution is 4.92. The maximum atomic E-state index is 2.49. The minimum absolute atomic E-state index is 0.252. The Morgan fingerprint density at radius 2 is 1.46 bits per heavy atom. The van der Waals surface area contributed by atoms with Crippen LogP contribution < -0.4 is 0 Å². The maximum absolute atomic E-state index is 2.49. The quantitative estimate of drug-likeness (QED) is 0.650. The van der Waals surface area contributed by atoms with Crippen molar-refractivity contribution in [2.45, 2.75) is 66.5 Å². The van der Waals surface area contributed by atoms with Crippen LogP contribution in [0.3, 0.4) is 0 Å². The van der Waals surface area contributed by atoms with Gasteiger partial charge < -0.3 is 0 Å². The molecule has 0 fully saturated rings. The van der Waals surface area contributed by atoms with Crippen LogP contribution in [0.1, 0.15) is 54.9 Å². The third kappa shape index (κ3) is 2.70. The van der Waals surface area contributed by atoms with E-state index in [1.54, 1.807) is 0 Å². The summed E-state index contributed by atoms with van der Waals surface area (Å²) in [5.74, 6) is 0. The average molecular weight is 185 g/mol. The molecular formula is C12H27N. The fraction of sp³-hybridized carbons (Fsp3) is 1.00. The molecule has 1 heteroatoms. The standard InChI is InChI=1S/C12H27N/c1-9-10(2)13(8)12(6,7)11(3,4)5/h10H,9H2,1-8H3/t10-/m0/s1. The minimum atomic E-state index is 0.252. The van der Waals surface area contributed by atoms with Gasteiger partial charge in [-0.15, -0.1) is 0 Å². The van der Waals surface area contributed by atoms with Gasteiger partial charge in [0.25, 0.3) is 0 Å². The van der Waals surface area contributed by atoms with Crippen LogP contribution in [0.2, 0.25) is 0 Å². The van der Waals surface area contributed by atoms with Crippen LogP contribution in [0.5, 0.6) is 0 Å². The zero-order valence-corrected chi connectivity index (χ0v) is 10.7. The van der Waals surface area contributed by atoms with Gasteiger partial charge in [-0.1, -0.05) is 27.7 Å². The minimum Gasteiger partial charge on any atom is -0.298 e. The van der Waals surface area contributed by atoms with Crippen molar-refractivity contribution in [3.8, 4) is 0 Å². The molecule has 0 spiro atoms. The first-order valence-corrected chi connectivity index (χ1v) is 5.37. The summed E-state index contributed by atoms with van der Waals surface area (Å²) in [7, 11) is 2.24. The lowest BCUT2D eigenvalue weighted by Crippen LogP contribution is -2.54. The van der Waals surface area contributed by atoms with E-state index in [1.807, 2.05) is 0 Å². The summed E-state index contributed by atoms with van der Waals surface area (Å²) in [6, 6.07) is 0.661. The normalized spacial score (nSPS) is 16.4. The predicted octanol–water partition coefficient (Wildman–Crippen LogP) is 3.54. The first-order chi connectivity index (χ1) is 5.64. The Kier molecular flexibility index (Phi) is 3.98. The largest absolute Gasteiger partial charge is 0.298 e. The molecule has 0 saturated heterocycles. The summed E-state index contributed by atoms with van der Waals surface area (Å²) in [6.45, 7) is 16.1. The van der Waals surface area contributed by atoms with Crippen molar-refractivity contribution in [2.24, 2.45) is 5.41 Å². The Labute approximate surface area is 84.5 Å². The molecule has 0 amide bonds. The van der Waals surface area contributed by atoms with E-state index in [9.17, 15) is 0 Å². The van der Waals surface area contributed by atoms with Crippen LogP contribution >= 0.6 is 0 Å². The second kappa shape index (κ2) is 4.00. The Balaban J connectivity index is 4.63. The molecule has 0 heterocycles. The van der Waals surface area contributed by atoms with Crippen LogP contribution in [-0.2, 0) is 0 Å². The summed E-state index contributed by atoms with van der Waals surface area (Å²) in [5.41, 5.74) is 0.577. The van der Waals surface area contributed by atoms with Crippen molar-refractivity contribution in [3.05, 3.63) is 0 Å². The molecule has 13 heavy (non-hydrogen) atoms. The van der Waals surface area contributed by atoms with Gasteiger partial charge in [0.05, 0.1) is 0 Å². The number of nitrogens with zero attached hydrogens (tertiary/aromatic N) is 1. The third-order valence-corrected chi connectivity index (χ3v) is 3.97. The Morgan fingerprint density at radius 1 is 1.08 bits per heavy atom. The van der Waals surface area contributed by atoms with Gasteiger partial charge in [0.1, 0.15) is 0 Å². The van der Waals surface area contributed by atoms with Gasteiger partial charge in [0, 0.05) is 11.6 Å². The molecule has 0 N–H and O–H groups in total. The van der Waals surface area contributed by atoms with E-state index in [-0.39, 0.29) is 5.54 Å². The van der Waals surface area contributed by atoms with Gasteiger partial charge in [-0.25, -0.2) is 0 Å². The fourth-order valence-corrected chi connectivity index (χ4v) is 1.35. The topological polar surface area (TPSA) is 3.24 Å². The zero-order valence-electron chi connectivity index (χ0n) is 10.7. The highest BCUT2D eigenvalue weighted by Crippen LogP contribution is 2.35. The number of hydrogen-bond acceptors (Lipinski definition) is 1. The predicted molar refractivity (Wildman–Crippen MR) is 61.1 cm³/mol. The van der Waals surface area contributed by atoms with Crippen molar-refractivity contribution in [1.82, 2.24) is 4.90 Å². The lowest BCUT2D eigenvalue weighted by atomic mass is 9.74. The SMILES string of the molecule is CC[C@H](C)N(C)C(C)(C)C(C)(C)C. The molecule has 0 aliphatic carbocycles. The van der Waals surface area contributed by atoms with Crippen molar-refractivity contribution in [3.63, 3.8) is 0 Å². The van der Waals surface area contributed by atoms with Crippen LogP contribution in [0.15, 0.2) is 0 Å². The van der Waals surface area contributed by atoms with Crippen LogP contribution in [0, 0.1) is 5.41 Å². The molecule has 0 unspecified atom stereocenters. The van der Waals surface area contributed by atoms with E-state index in [4.69, 9.17) is 0 Å². The van der Waals surface area contributed by atoms with Crippen LogP contribution in [0.4, 0.5) is 0 Å². The smallest absolute Gasteiger partial charge is 0.0201 e. The molecule has 0 aromatic heterocycles.